The predicted octanol–water partition coefficient (Wildman–Crippen LogP) is 3.79. The molecule has 0 saturated heterocycles. The molecule has 0 bridgehead atoms. The van der Waals surface area contributed by atoms with Crippen LogP contribution in [0.1, 0.15) is 36.7 Å². The van der Waals surface area contributed by atoms with E-state index in [-0.39, 0.29) is 29.8 Å². The number of hydrogen-bond acceptors (Lipinski definition) is 7. The van der Waals surface area contributed by atoms with Crippen molar-refractivity contribution < 1.29 is 28.8 Å². The third-order valence-corrected chi connectivity index (χ3v) is 6.94. The third kappa shape index (κ3) is 6.15. The van der Waals surface area contributed by atoms with Crippen molar-refractivity contribution in [1.82, 2.24) is 19.9 Å². The van der Waals surface area contributed by atoms with Crippen LogP contribution in [-0.2, 0) is 28.9 Å². The molecule has 0 saturated carbocycles. The highest BCUT2D eigenvalue weighted by Crippen LogP contribution is 2.44. The summed E-state index contributed by atoms with van der Waals surface area (Å²) >= 11 is 2.00. The molecule has 0 aliphatic rings. The van der Waals surface area contributed by atoms with E-state index in [9.17, 15) is 24.3 Å². The lowest BCUT2D eigenvalue weighted by molar-refractivity contribution is -0.118. The Kier molecular flexibility index (Phi) is 8.22. The molecule has 4 rings (SSSR count). The van der Waals surface area contributed by atoms with Gasteiger partial charge in [-0.2, -0.15) is 0 Å². The number of phosphoric acid groups is 1. The Morgan fingerprint density at radius 2 is 2.03 bits per heavy atom. The lowest BCUT2D eigenvalue weighted by Crippen LogP contribution is -2.23. The quantitative estimate of drug-likeness (QED) is 0.0984. The summed E-state index contributed by atoms with van der Waals surface area (Å²) in [7, 11) is -4.92. The van der Waals surface area contributed by atoms with Crippen molar-refractivity contribution in [2.45, 2.75) is 39.3 Å². The van der Waals surface area contributed by atoms with Crippen LogP contribution in [-0.4, -0.2) is 39.8 Å². The molecule has 0 radical (unpaired) electrons. The first-order valence-corrected chi connectivity index (χ1v) is 14.6. The number of benzene rings is 2. The van der Waals surface area contributed by atoms with Crippen LogP contribution in [0.25, 0.3) is 21.9 Å². The summed E-state index contributed by atoms with van der Waals surface area (Å²) in [5.74, 6) is 0.224. The summed E-state index contributed by atoms with van der Waals surface area (Å²) in [5, 5.41) is 13.9. The number of nitrogen functional groups attached to an aromatic ring is 1. The number of alkyl halides is 1. The number of nitrogens with two attached hydrogens (primary N) is 1. The van der Waals surface area contributed by atoms with Gasteiger partial charge in [0.05, 0.1) is 22.0 Å². The van der Waals surface area contributed by atoms with Gasteiger partial charge in [0.2, 0.25) is 5.91 Å². The third-order valence-electron chi connectivity index (χ3n) is 5.83. The summed E-state index contributed by atoms with van der Waals surface area (Å²) < 4.78 is 18.7. The number of phosphoric ester groups is 1. The number of hydrogen-bond donors (Lipinski definition) is 5. The van der Waals surface area contributed by atoms with Gasteiger partial charge in [0, 0.05) is 23.9 Å². The Morgan fingerprint density at radius 3 is 2.73 bits per heavy atom. The van der Waals surface area contributed by atoms with Crippen molar-refractivity contribution >= 4 is 64.1 Å². The number of rotatable bonds is 10. The summed E-state index contributed by atoms with van der Waals surface area (Å²) in [4.78, 5) is 39.8. The molecule has 0 spiro atoms. The minimum absolute atomic E-state index is 0.0679. The predicted molar refractivity (Wildman–Crippen MR) is 149 cm³/mol. The largest absolute Gasteiger partial charge is 0.524 e. The van der Waals surface area contributed by atoms with Crippen LogP contribution >= 0.6 is 30.4 Å². The van der Waals surface area contributed by atoms with E-state index in [1.807, 2.05) is 45.4 Å². The van der Waals surface area contributed by atoms with E-state index in [4.69, 9.17) is 15.2 Å². The van der Waals surface area contributed by atoms with E-state index < -0.39 is 7.82 Å². The topological polar surface area (TPSA) is 173 Å². The summed E-state index contributed by atoms with van der Waals surface area (Å²) in [6, 6.07) is 10.2. The fourth-order valence-electron chi connectivity index (χ4n) is 4.15. The average Bonchev–Trinajstić information content (AvgIpc) is 3.21. The van der Waals surface area contributed by atoms with E-state index in [0.717, 1.165) is 29.6 Å². The number of phenols is 1. The number of carbonyl (C=O) groups excluding carboxylic acids is 1. The average molecular weight is 639 g/mol. The number of imidazole rings is 1. The zero-order valence-corrected chi connectivity index (χ0v) is 23.1. The lowest BCUT2D eigenvalue weighted by atomic mass is 10.1. The van der Waals surface area contributed by atoms with Gasteiger partial charge < -0.3 is 25.2 Å². The molecule has 0 aliphatic carbocycles. The van der Waals surface area contributed by atoms with Crippen LogP contribution in [0.15, 0.2) is 36.4 Å². The van der Waals surface area contributed by atoms with Gasteiger partial charge in [0.25, 0.3) is 0 Å². The second-order valence-corrected chi connectivity index (χ2v) is 10.4. The normalized spacial score (nSPS) is 11.8. The number of unbranched alkanes of at least 4 members (excludes halogenated alkanes) is 1. The van der Waals surface area contributed by atoms with Crippen LogP contribution < -0.4 is 15.6 Å². The van der Waals surface area contributed by atoms with Crippen LogP contribution in [0.5, 0.6) is 11.5 Å². The van der Waals surface area contributed by atoms with Crippen molar-refractivity contribution in [3.63, 3.8) is 0 Å². The van der Waals surface area contributed by atoms with Gasteiger partial charge in [-0.15, -0.1) is 0 Å². The van der Waals surface area contributed by atoms with Gasteiger partial charge in [-0.3, -0.25) is 14.6 Å². The molecular weight excluding hydrogens is 612 g/mol. The van der Waals surface area contributed by atoms with E-state index >= 15 is 0 Å². The SMILES string of the molecule is CCCCc1nc2c(N)nc3cc(CNC(=O)CI)ccc3c2n1Cc1cccc(O)c1OP(=O)(O)O. The number of anilines is 1. The molecule has 13 heteroatoms. The standard InChI is InChI=1S/C24H27IN5O6P/c1-2-3-7-19-29-21-22(30(19)13-15-5-4-6-18(31)23(15)36-37(33,34)35)16-9-8-14(12-27-20(32)11-25)10-17(16)28-24(21)26/h4-6,8-10,31H,2-3,7,11-13H2,1H3,(H2,26,28)(H,27,32)(H2,33,34,35). The number of nitrogens with one attached hydrogen (secondary N) is 1. The molecular formula is C24H27IN5O6P. The highest BCUT2D eigenvalue weighted by atomic mass is 127. The molecule has 6 N–H and O–H groups in total. The maximum atomic E-state index is 11.7. The molecule has 11 nitrogen and oxygen atoms in total. The number of nitrogens with zero attached hydrogens (tertiary/aromatic N) is 3. The molecule has 2 aromatic heterocycles. The molecule has 0 fully saturated rings. The lowest BCUT2D eigenvalue weighted by Gasteiger charge is -2.16. The first-order chi connectivity index (χ1) is 17.6. The van der Waals surface area contributed by atoms with Gasteiger partial charge >= 0.3 is 7.82 Å². The molecule has 0 atom stereocenters. The van der Waals surface area contributed by atoms with Crippen LogP contribution in [0.2, 0.25) is 0 Å². The second kappa shape index (κ2) is 11.2. The number of carbonyl (C=O) groups is 1. The van der Waals surface area contributed by atoms with Crippen LogP contribution in [0.4, 0.5) is 5.82 Å². The number of pyridine rings is 1. The van der Waals surface area contributed by atoms with Gasteiger partial charge in [0.1, 0.15) is 11.3 Å². The molecule has 0 unspecified atom stereocenters. The number of fused-ring (bicyclic) bond motifs is 3. The number of halogens is 1. The van der Waals surface area contributed by atoms with Crippen molar-refractivity contribution in [2.24, 2.45) is 0 Å². The first-order valence-electron chi connectivity index (χ1n) is 11.6. The second-order valence-electron chi connectivity index (χ2n) is 8.52. The van der Waals surface area contributed by atoms with E-state index in [1.165, 1.54) is 6.07 Å². The number of aromatic hydroxyl groups is 1. The maximum Gasteiger partial charge on any atom is 0.524 e. The Balaban J connectivity index is 1.88. The monoisotopic (exact) mass is 639 g/mol. The van der Waals surface area contributed by atoms with Crippen molar-refractivity contribution in [1.29, 1.82) is 0 Å². The molecule has 1 amide bonds. The first kappa shape index (κ1) is 27.1. The summed E-state index contributed by atoms with van der Waals surface area (Å²) in [6.07, 6.45) is 2.43. The van der Waals surface area contributed by atoms with E-state index in [1.54, 1.807) is 12.1 Å². The van der Waals surface area contributed by atoms with Crippen LogP contribution in [0.3, 0.4) is 0 Å². The van der Waals surface area contributed by atoms with Crippen molar-refractivity contribution in [3.05, 3.63) is 53.3 Å². The molecule has 196 valence electrons. The van der Waals surface area contributed by atoms with Gasteiger partial charge in [-0.25, -0.2) is 14.5 Å². The molecule has 4 aromatic rings. The van der Waals surface area contributed by atoms with Crippen molar-refractivity contribution in [3.8, 4) is 11.5 Å². The van der Waals surface area contributed by atoms with Gasteiger partial charge in [0.15, 0.2) is 17.3 Å². The number of para-hydroxylation sites is 1. The summed E-state index contributed by atoms with van der Waals surface area (Å²) in [5.41, 5.74) is 9.40. The molecule has 2 heterocycles. The Morgan fingerprint density at radius 1 is 1.24 bits per heavy atom. The maximum absolute atomic E-state index is 11.7. The zero-order valence-electron chi connectivity index (χ0n) is 20.0. The summed E-state index contributed by atoms with van der Waals surface area (Å²) in [6.45, 7) is 2.54. The number of amides is 1. The van der Waals surface area contributed by atoms with Crippen molar-refractivity contribution in [2.75, 3.05) is 10.2 Å². The molecule has 0 aliphatic heterocycles. The smallest absolute Gasteiger partial charge is 0.504 e. The minimum Gasteiger partial charge on any atom is -0.504 e. The van der Waals surface area contributed by atoms with Gasteiger partial charge in [-0.05, 0) is 24.1 Å². The number of aromatic nitrogens is 3. The van der Waals surface area contributed by atoms with Crippen LogP contribution in [0, 0.1) is 0 Å². The number of phenolic OH excluding ortho intramolecular Hbond substituents is 1. The minimum atomic E-state index is -4.92. The Hall–Kier alpha value is -2.93. The molecule has 2 aromatic carbocycles. The Labute approximate surface area is 226 Å². The highest BCUT2D eigenvalue weighted by molar-refractivity contribution is 14.1. The van der Waals surface area contributed by atoms with E-state index in [0.29, 0.717) is 39.5 Å². The number of aryl methyl sites for hydroxylation is 1. The fraction of sp³-hybridized carbons (Fsp3) is 0.292. The van der Waals surface area contributed by atoms with E-state index in [2.05, 4.69) is 17.2 Å². The fourth-order valence-corrected chi connectivity index (χ4v) is 4.87. The molecule has 37 heavy (non-hydrogen) atoms. The Bertz CT molecular complexity index is 1520. The van der Waals surface area contributed by atoms with Gasteiger partial charge in [-0.1, -0.05) is 60.2 Å². The zero-order chi connectivity index (χ0) is 26.7. The highest BCUT2D eigenvalue weighted by Gasteiger charge is 2.24.